The number of halogens is 1. The second-order valence-corrected chi connectivity index (χ2v) is 9.28. The molecule has 0 radical (unpaired) electrons. The molecule has 0 saturated heterocycles. The summed E-state index contributed by atoms with van der Waals surface area (Å²) in [6.45, 7) is 2.58. The molecular weight excluding hydrogens is 400 g/mol. The fraction of sp³-hybridized carbons (Fsp3) is 0.400. The fourth-order valence-electron chi connectivity index (χ4n) is 2.62. The minimum Gasteiger partial charge on any atom is -0.491 e. The molecule has 2 rings (SSSR count). The summed E-state index contributed by atoms with van der Waals surface area (Å²) in [6.07, 6.45) is 1.29. The van der Waals surface area contributed by atoms with Crippen molar-refractivity contribution in [3.8, 4) is 5.75 Å². The van der Waals surface area contributed by atoms with Crippen LogP contribution in [0.2, 0.25) is 5.02 Å². The average Bonchev–Trinajstić information content (AvgIpc) is 2.64. The minimum absolute atomic E-state index is 0.137. The van der Waals surface area contributed by atoms with Crippen LogP contribution in [0.3, 0.4) is 0 Å². The van der Waals surface area contributed by atoms with Gasteiger partial charge in [0.1, 0.15) is 18.5 Å². The Kier molecular flexibility index (Phi) is 8.12. The quantitative estimate of drug-likeness (QED) is 0.610. The topological polar surface area (TPSA) is 78.9 Å². The Morgan fingerprint density at radius 3 is 2.50 bits per heavy atom. The third-order valence-electron chi connectivity index (χ3n) is 4.27. The molecule has 0 aliphatic heterocycles. The second-order valence-electron chi connectivity index (χ2n) is 6.83. The first-order valence-electron chi connectivity index (χ1n) is 8.98. The Bertz CT molecular complexity index is 859. The number of anilines is 1. The lowest BCUT2D eigenvalue weighted by atomic mass is 10.1. The third kappa shape index (κ3) is 7.31. The summed E-state index contributed by atoms with van der Waals surface area (Å²) in [5.41, 5.74) is 1.68. The number of hydrogen-bond acceptors (Lipinski definition) is 5. The standard InChI is InChI=1S/C20H27ClN2O4S/c1-15(11-16-5-4-6-17(21)12-16)22-13-19(24)14-27-20-9-7-18(8-10-20)23(2)28(3,25)26/h4-10,12,15,19,22,24H,11,13-14H2,1-3H3/t15?,19-/m1/s1. The highest BCUT2D eigenvalue weighted by atomic mass is 35.5. The highest BCUT2D eigenvalue weighted by molar-refractivity contribution is 7.92. The van der Waals surface area contributed by atoms with Crippen molar-refractivity contribution in [2.24, 2.45) is 0 Å². The predicted molar refractivity (Wildman–Crippen MR) is 114 cm³/mol. The van der Waals surface area contributed by atoms with Crippen molar-refractivity contribution in [2.45, 2.75) is 25.5 Å². The van der Waals surface area contributed by atoms with Crippen molar-refractivity contribution >= 4 is 27.3 Å². The Hall–Kier alpha value is -1.80. The summed E-state index contributed by atoms with van der Waals surface area (Å²) in [5, 5.41) is 14.1. The second kappa shape index (κ2) is 10.1. The zero-order valence-corrected chi connectivity index (χ0v) is 17.9. The van der Waals surface area contributed by atoms with Gasteiger partial charge in [-0.3, -0.25) is 4.31 Å². The molecule has 28 heavy (non-hydrogen) atoms. The van der Waals surface area contributed by atoms with Crippen molar-refractivity contribution in [1.29, 1.82) is 0 Å². The van der Waals surface area contributed by atoms with Crippen molar-refractivity contribution in [3.63, 3.8) is 0 Å². The van der Waals surface area contributed by atoms with Crippen molar-refractivity contribution < 1.29 is 18.3 Å². The van der Waals surface area contributed by atoms with Crippen molar-refractivity contribution in [3.05, 3.63) is 59.1 Å². The maximum atomic E-state index is 11.5. The molecule has 1 unspecified atom stereocenters. The lowest BCUT2D eigenvalue weighted by Crippen LogP contribution is -2.37. The van der Waals surface area contributed by atoms with E-state index in [4.69, 9.17) is 16.3 Å². The number of hydrogen-bond donors (Lipinski definition) is 2. The van der Waals surface area contributed by atoms with E-state index < -0.39 is 16.1 Å². The highest BCUT2D eigenvalue weighted by Gasteiger charge is 2.12. The van der Waals surface area contributed by atoms with E-state index in [1.54, 1.807) is 24.3 Å². The van der Waals surface area contributed by atoms with Crippen LogP contribution >= 0.6 is 11.6 Å². The summed E-state index contributed by atoms with van der Waals surface area (Å²) < 4.78 is 29.8. The molecule has 154 valence electrons. The predicted octanol–water partition coefficient (Wildman–Crippen LogP) is 2.70. The number of nitrogens with one attached hydrogen (secondary N) is 1. The van der Waals surface area contributed by atoms with Gasteiger partial charge in [0.2, 0.25) is 10.0 Å². The molecule has 6 nitrogen and oxygen atoms in total. The Morgan fingerprint density at radius 2 is 1.89 bits per heavy atom. The minimum atomic E-state index is -3.30. The Balaban J connectivity index is 1.75. The number of nitrogens with zero attached hydrogens (tertiary/aromatic N) is 1. The summed E-state index contributed by atoms with van der Waals surface area (Å²) in [5.74, 6) is 0.566. The smallest absolute Gasteiger partial charge is 0.231 e. The van der Waals surface area contributed by atoms with Gasteiger partial charge >= 0.3 is 0 Å². The molecule has 0 aliphatic carbocycles. The molecular formula is C20H27ClN2O4S. The number of ether oxygens (including phenoxy) is 1. The number of rotatable bonds is 10. The van der Waals surface area contributed by atoms with E-state index in [9.17, 15) is 13.5 Å². The van der Waals surface area contributed by atoms with E-state index in [1.807, 2.05) is 31.2 Å². The maximum absolute atomic E-state index is 11.5. The van der Waals surface area contributed by atoms with Gasteiger partial charge in [0.15, 0.2) is 0 Å². The van der Waals surface area contributed by atoms with Crippen LogP contribution in [0.15, 0.2) is 48.5 Å². The Morgan fingerprint density at radius 1 is 1.21 bits per heavy atom. The first kappa shape index (κ1) is 22.5. The number of aliphatic hydroxyl groups is 1. The van der Waals surface area contributed by atoms with Crippen molar-refractivity contribution in [1.82, 2.24) is 5.32 Å². The summed E-state index contributed by atoms with van der Waals surface area (Å²) in [6, 6.07) is 14.6. The van der Waals surface area contributed by atoms with Gasteiger partial charge in [0.25, 0.3) is 0 Å². The SMILES string of the molecule is CC(Cc1cccc(Cl)c1)NC[C@@H](O)COc1ccc(N(C)S(C)(=O)=O)cc1. The van der Waals surface area contributed by atoms with Crippen LogP contribution in [0, 0.1) is 0 Å². The lowest BCUT2D eigenvalue weighted by Gasteiger charge is -2.19. The molecule has 0 aliphatic rings. The van der Waals surface area contributed by atoms with Gasteiger partial charge in [0, 0.05) is 24.7 Å². The molecule has 2 aromatic carbocycles. The summed E-state index contributed by atoms with van der Waals surface area (Å²) in [4.78, 5) is 0. The number of benzene rings is 2. The molecule has 0 fully saturated rings. The van der Waals surface area contributed by atoms with E-state index in [0.29, 0.717) is 23.0 Å². The first-order valence-corrected chi connectivity index (χ1v) is 11.2. The van der Waals surface area contributed by atoms with E-state index in [2.05, 4.69) is 5.32 Å². The van der Waals surface area contributed by atoms with Gasteiger partial charge in [0.05, 0.1) is 11.9 Å². The molecule has 2 aromatic rings. The molecule has 0 amide bonds. The van der Waals surface area contributed by atoms with Crippen LogP contribution in [0.1, 0.15) is 12.5 Å². The Labute approximate surface area is 172 Å². The molecule has 2 N–H and O–H groups in total. The van der Waals surface area contributed by atoms with Crippen LogP contribution in [0.25, 0.3) is 0 Å². The third-order valence-corrected chi connectivity index (χ3v) is 5.71. The van der Waals surface area contributed by atoms with Gasteiger partial charge in [-0.15, -0.1) is 0 Å². The fourth-order valence-corrected chi connectivity index (χ4v) is 3.34. The highest BCUT2D eigenvalue weighted by Crippen LogP contribution is 2.20. The molecule has 2 atom stereocenters. The molecule has 8 heteroatoms. The van der Waals surface area contributed by atoms with Crippen LogP contribution < -0.4 is 14.4 Å². The van der Waals surface area contributed by atoms with Crippen LogP contribution in [-0.4, -0.2) is 52.1 Å². The number of aliphatic hydroxyl groups excluding tert-OH is 1. The maximum Gasteiger partial charge on any atom is 0.231 e. The number of sulfonamides is 1. The van der Waals surface area contributed by atoms with Gasteiger partial charge in [-0.2, -0.15) is 0 Å². The monoisotopic (exact) mass is 426 g/mol. The first-order chi connectivity index (χ1) is 13.1. The van der Waals surface area contributed by atoms with Crippen LogP contribution in [0.4, 0.5) is 5.69 Å². The van der Waals surface area contributed by atoms with E-state index in [-0.39, 0.29) is 12.6 Å². The van der Waals surface area contributed by atoms with E-state index in [1.165, 1.54) is 11.4 Å². The van der Waals surface area contributed by atoms with E-state index in [0.717, 1.165) is 18.2 Å². The lowest BCUT2D eigenvalue weighted by molar-refractivity contribution is 0.104. The van der Waals surface area contributed by atoms with Crippen LogP contribution in [0.5, 0.6) is 5.75 Å². The zero-order chi connectivity index (χ0) is 20.7. The summed E-state index contributed by atoms with van der Waals surface area (Å²) in [7, 11) is -1.81. The largest absolute Gasteiger partial charge is 0.491 e. The van der Waals surface area contributed by atoms with Crippen molar-refractivity contribution in [2.75, 3.05) is 30.8 Å². The molecule has 0 heterocycles. The van der Waals surface area contributed by atoms with E-state index >= 15 is 0 Å². The van der Waals surface area contributed by atoms with Gasteiger partial charge < -0.3 is 15.2 Å². The molecule has 0 bridgehead atoms. The zero-order valence-electron chi connectivity index (χ0n) is 16.3. The van der Waals surface area contributed by atoms with Gasteiger partial charge in [-0.25, -0.2) is 8.42 Å². The molecule has 0 spiro atoms. The average molecular weight is 427 g/mol. The van der Waals surface area contributed by atoms with Gasteiger partial charge in [-0.05, 0) is 55.3 Å². The van der Waals surface area contributed by atoms with Crippen LogP contribution in [-0.2, 0) is 16.4 Å². The normalized spacial score (nSPS) is 13.8. The summed E-state index contributed by atoms with van der Waals surface area (Å²) >= 11 is 6.00. The van der Waals surface area contributed by atoms with Gasteiger partial charge in [-0.1, -0.05) is 23.7 Å². The molecule has 0 aromatic heterocycles. The molecule has 0 saturated carbocycles.